The van der Waals surface area contributed by atoms with Crippen LogP contribution in [0.3, 0.4) is 0 Å². The number of nitrogens with one attached hydrogen (secondary N) is 2. The highest BCUT2D eigenvalue weighted by atomic mass is 32.2. The molecular formula is C14H23N3O3S. The molecule has 0 aliphatic heterocycles. The SMILES string of the molecule is CCNS(=O)(=O)c1ccc(NC(=O)CCC(C)(C)N)cc1. The van der Waals surface area contributed by atoms with Crippen molar-refractivity contribution in [1.29, 1.82) is 0 Å². The number of anilines is 1. The molecule has 6 nitrogen and oxygen atoms in total. The van der Waals surface area contributed by atoms with Gasteiger partial charge in [0.15, 0.2) is 0 Å². The molecule has 118 valence electrons. The molecule has 1 amide bonds. The van der Waals surface area contributed by atoms with Crippen LogP contribution in [0.2, 0.25) is 0 Å². The molecule has 7 heteroatoms. The predicted octanol–water partition coefficient (Wildman–Crippen LogP) is 1.44. The van der Waals surface area contributed by atoms with Gasteiger partial charge in [-0.15, -0.1) is 0 Å². The van der Waals surface area contributed by atoms with Crippen molar-refractivity contribution in [2.75, 3.05) is 11.9 Å². The summed E-state index contributed by atoms with van der Waals surface area (Å²) in [6.07, 6.45) is 0.895. The molecule has 0 fully saturated rings. The predicted molar refractivity (Wildman–Crippen MR) is 83.4 cm³/mol. The first-order valence-electron chi connectivity index (χ1n) is 6.82. The third kappa shape index (κ3) is 6.24. The Labute approximate surface area is 126 Å². The first kappa shape index (κ1) is 17.6. The minimum Gasteiger partial charge on any atom is -0.326 e. The number of amides is 1. The van der Waals surface area contributed by atoms with Crippen molar-refractivity contribution in [1.82, 2.24) is 4.72 Å². The van der Waals surface area contributed by atoms with Gasteiger partial charge >= 0.3 is 0 Å². The van der Waals surface area contributed by atoms with Crippen molar-refractivity contribution < 1.29 is 13.2 Å². The topological polar surface area (TPSA) is 101 Å². The van der Waals surface area contributed by atoms with Gasteiger partial charge in [-0.25, -0.2) is 13.1 Å². The lowest BCUT2D eigenvalue weighted by atomic mass is 10.00. The zero-order valence-corrected chi connectivity index (χ0v) is 13.5. The van der Waals surface area contributed by atoms with Gasteiger partial charge in [-0.05, 0) is 44.5 Å². The minimum absolute atomic E-state index is 0.143. The van der Waals surface area contributed by atoms with Crippen LogP contribution in [0.5, 0.6) is 0 Å². The third-order valence-corrected chi connectivity index (χ3v) is 4.34. The van der Waals surface area contributed by atoms with Crippen LogP contribution in [0.4, 0.5) is 5.69 Å². The Morgan fingerprint density at radius 2 is 1.81 bits per heavy atom. The summed E-state index contributed by atoms with van der Waals surface area (Å²) < 4.78 is 25.9. The summed E-state index contributed by atoms with van der Waals surface area (Å²) in [6.45, 7) is 5.77. The Morgan fingerprint density at radius 3 is 2.29 bits per heavy atom. The Kier molecular flexibility index (Phi) is 5.88. The van der Waals surface area contributed by atoms with Gasteiger partial charge in [-0.3, -0.25) is 4.79 Å². The van der Waals surface area contributed by atoms with Crippen LogP contribution in [0.15, 0.2) is 29.2 Å². The van der Waals surface area contributed by atoms with E-state index < -0.39 is 10.0 Å². The largest absolute Gasteiger partial charge is 0.326 e. The number of benzene rings is 1. The van der Waals surface area contributed by atoms with Crippen LogP contribution in [0.1, 0.15) is 33.6 Å². The van der Waals surface area contributed by atoms with Crippen molar-refractivity contribution in [3.05, 3.63) is 24.3 Å². The number of carbonyl (C=O) groups excluding carboxylic acids is 1. The second-order valence-electron chi connectivity index (χ2n) is 5.56. The lowest BCUT2D eigenvalue weighted by molar-refractivity contribution is -0.116. The lowest BCUT2D eigenvalue weighted by Crippen LogP contribution is -2.33. The molecular weight excluding hydrogens is 290 g/mol. The van der Waals surface area contributed by atoms with E-state index in [4.69, 9.17) is 5.73 Å². The fourth-order valence-electron chi connectivity index (χ4n) is 1.65. The van der Waals surface area contributed by atoms with Gasteiger partial charge in [0.25, 0.3) is 0 Å². The number of rotatable bonds is 7. The zero-order chi connectivity index (χ0) is 16.1. The molecule has 0 unspecified atom stereocenters. The molecule has 0 radical (unpaired) electrons. The molecule has 0 saturated heterocycles. The lowest BCUT2D eigenvalue weighted by Gasteiger charge is -2.17. The van der Waals surface area contributed by atoms with E-state index in [0.29, 0.717) is 25.1 Å². The Balaban J connectivity index is 2.65. The summed E-state index contributed by atoms with van der Waals surface area (Å²) in [5.41, 5.74) is 5.99. The molecule has 1 aromatic carbocycles. The fourth-order valence-corrected chi connectivity index (χ4v) is 2.69. The second-order valence-corrected chi connectivity index (χ2v) is 7.33. The number of hydrogen-bond acceptors (Lipinski definition) is 4. The quantitative estimate of drug-likeness (QED) is 0.709. The van der Waals surface area contributed by atoms with E-state index >= 15 is 0 Å². The summed E-state index contributed by atoms with van der Waals surface area (Å²) in [5, 5.41) is 2.72. The molecule has 1 aromatic rings. The highest BCUT2D eigenvalue weighted by Crippen LogP contribution is 2.15. The van der Waals surface area contributed by atoms with Crippen LogP contribution < -0.4 is 15.8 Å². The van der Waals surface area contributed by atoms with E-state index in [-0.39, 0.29) is 16.3 Å². The summed E-state index contributed by atoms with van der Waals surface area (Å²) >= 11 is 0. The minimum atomic E-state index is -3.46. The number of hydrogen-bond donors (Lipinski definition) is 3. The van der Waals surface area contributed by atoms with Crippen LogP contribution in [-0.2, 0) is 14.8 Å². The highest BCUT2D eigenvalue weighted by Gasteiger charge is 2.14. The zero-order valence-electron chi connectivity index (χ0n) is 12.6. The number of carbonyl (C=O) groups is 1. The van der Waals surface area contributed by atoms with E-state index in [2.05, 4.69) is 10.0 Å². The molecule has 0 aliphatic rings. The summed E-state index contributed by atoms with van der Waals surface area (Å²) in [7, 11) is -3.46. The van der Waals surface area contributed by atoms with E-state index in [1.165, 1.54) is 12.1 Å². The van der Waals surface area contributed by atoms with Crippen molar-refractivity contribution in [3.63, 3.8) is 0 Å². The third-order valence-electron chi connectivity index (χ3n) is 2.78. The summed E-state index contributed by atoms with van der Waals surface area (Å²) in [6, 6.07) is 6.05. The Bertz CT molecular complexity index is 574. The van der Waals surface area contributed by atoms with Crippen molar-refractivity contribution in [2.45, 2.75) is 44.0 Å². The smallest absolute Gasteiger partial charge is 0.240 e. The van der Waals surface area contributed by atoms with Crippen molar-refractivity contribution in [2.24, 2.45) is 5.73 Å². The molecule has 0 bridgehead atoms. The van der Waals surface area contributed by atoms with Gasteiger partial charge in [0, 0.05) is 24.2 Å². The van der Waals surface area contributed by atoms with E-state index in [1.807, 2.05) is 13.8 Å². The van der Waals surface area contributed by atoms with Crippen molar-refractivity contribution >= 4 is 21.6 Å². The van der Waals surface area contributed by atoms with E-state index in [1.54, 1.807) is 19.1 Å². The second kappa shape index (κ2) is 7.02. The molecule has 0 aromatic heterocycles. The van der Waals surface area contributed by atoms with Crippen LogP contribution in [0.25, 0.3) is 0 Å². The standard InChI is InChI=1S/C14H23N3O3S/c1-4-16-21(19,20)12-7-5-11(6-8-12)17-13(18)9-10-14(2,3)15/h5-8,16H,4,9-10,15H2,1-3H3,(H,17,18). The van der Waals surface area contributed by atoms with Gasteiger partial charge in [0.05, 0.1) is 4.90 Å². The van der Waals surface area contributed by atoms with E-state index in [9.17, 15) is 13.2 Å². The summed E-state index contributed by atoms with van der Waals surface area (Å²) in [5.74, 6) is -0.143. The molecule has 1 rings (SSSR count). The molecule has 0 heterocycles. The highest BCUT2D eigenvalue weighted by molar-refractivity contribution is 7.89. The fraction of sp³-hybridized carbons (Fsp3) is 0.500. The van der Waals surface area contributed by atoms with Crippen LogP contribution in [0, 0.1) is 0 Å². The van der Waals surface area contributed by atoms with Gasteiger partial charge in [0.2, 0.25) is 15.9 Å². The molecule has 0 saturated carbocycles. The normalized spacial score (nSPS) is 12.2. The molecule has 0 atom stereocenters. The maximum Gasteiger partial charge on any atom is 0.240 e. The van der Waals surface area contributed by atoms with Gasteiger partial charge in [-0.1, -0.05) is 6.92 Å². The summed E-state index contributed by atoms with van der Waals surface area (Å²) in [4.78, 5) is 11.9. The van der Waals surface area contributed by atoms with Crippen LogP contribution >= 0.6 is 0 Å². The Hall–Kier alpha value is -1.44. The molecule has 0 spiro atoms. The first-order chi connectivity index (χ1) is 9.64. The van der Waals surface area contributed by atoms with E-state index in [0.717, 1.165) is 0 Å². The monoisotopic (exact) mass is 313 g/mol. The average molecular weight is 313 g/mol. The number of nitrogens with two attached hydrogens (primary N) is 1. The molecule has 21 heavy (non-hydrogen) atoms. The number of sulfonamides is 1. The molecule has 4 N–H and O–H groups in total. The van der Waals surface area contributed by atoms with Gasteiger partial charge < -0.3 is 11.1 Å². The average Bonchev–Trinajstić information content (AvgIpc) is 2.36. The maximum absolute atomic E-state index is 11.8. The van der Waals surface area contributed by atoms with Gasteiger partial charge in [0.1, 0.15) is 0 Å². The van der Waals surface area contributed by atoms with Crippen LogP contribution in [-0.4, -0.2) is 26.4 Å². The Morgan fingerprint density at radius 1 is 1.24 bits per heavy atom. The first-order valence-corrected chi connectivity index (χ1v) is 8.31. The van der Waals surface area contributed by atoms with Crippen molar-refractivity contribution in [3.8, 4) is 0 Å². The maximum atomic E-state index is 11.8. The van der Waals surface area contributed by atoms with Gasteiger partial charge in [-0.2, -0.15) is 0 Å². The molecule has 0 aliphatic carbocycles.